The molecule has 0 nitrogen and oxygen atoms in total. The van der Waals surface area contributed by atoms with Crippen LogP contribution in [0.4, 0.5) is 0 Å². The van der Waals surface area contributed by atoms with Gasteiger partial charge in [0.25, 0.3) is 0 Å². The molecule has 0 unspecified atom stereocenters. The Morgan fingerprint density at radius 3 is 1.29 bits per heavy atom. The number of benzene rings is 2. The molecule has 0 fully saturated rings. The van der Waals surface area contributed by atoms with E-state index in [1.807, 2.05) is 0 Å². The molecule has 0 atom stereocenters. The Kier molecular flexibility index (Phi) is 3.06. The maximum atomic E-state index is 2.34. The first-order valence-electron chi connectivity index (χ1n) is 7.82. The van der Waals surface area contributed by atoms with E-state index in [2.05, 4.69) is 84.4 Å². The number of hydrogen-bond donors (Lipinski definition) is 0. The van der Waals surface area contributed by atoms with E-state index in [0.29, 0.717) is 0 Å². The molecule has 21 heavy (non-hydrogen) atoms. The Labute approximate surface area is 129 Å². The fourth-order valence-electron chi connectivity index (χ4n) is 3.36. The van der Waals surface area contributed by atoms with E-state index in [0.717, 1.165) is 0 Å². The molecule has 0 saturated carbocycles. The molecule has 0 saturated heterocycles. The van der Waals surface area contributed by atoms with Crippen molar-refractivity contribution in [1.29, 1.82) is 0 Å². The van der Waals surface area contributed by atoms with Crippen molar-refractivity contribution in [2.45, 2.75) is 52.4 Å². The minimum absolute atomic E-state index is 0.159. The van der Waals surface area contributed by atoms with Crippen molar-refractivity contribution >= 4 is 0 Å². The third-order valence-electron chi connectivity index (χ3n) is 4.37. The first-order chi connectivity index (χ1) is 9.69. The van der Waals surface area contributed by atoms with Crippen LogP contribution < -0.4 is 0 Å². The molecule has 2 aromatic rings. The highest BCUT2D eigenvalue weighted by molar-refractivity contribution is 5.87. The van der Waals surface area contributed by atoms with Crippen LogP contribution >= 0.6 is 0 Å². The van der Waals surface area contributed by atoms with Crippen molar-refractivity contribution < 1.29 is 0 Å². The zero-order valence-electron chi connectivity index (χ0n) is 14.0. The lowest BCUT2D eigenvalue weighted by molar-refractivity contribution is 0.585. The molecule has 1 radical (unpaired) electrons. The van der Waals surface area contributed by atoms with E-state index in [1.54, 1.807) is 0 Å². The van der Waals surface area contributed by atoms with Crippen LogP contribution in [0.1, 0.15) is 63.8 Å². The molecule has 0 aliphatic heterocycles. The summed E-state index contributed by atoms with van der Waals surface area (Å²) in [7, 11) is 0. The lowest BCUT2D eigenvalue weighted by Crippen LogP contribution is -2.16. The highest BCUT2D eigenvalue weighted by Gasteiger charge is 2.31. The average molecular weight is 277 g/mol. The maximum absolute atomic E-state index is 2.34. The van der Waals surface area contributed by atoms with Crippen molar-refractivity contribution in [1.82, 2.24) is 0 Å². The molecule has 0 heteroatoms. The molecular weight excluding hydrogens is 252 g/mol. The molecule has 0 heterocycles. The summed E-state index contributed by atoms with van der Waals surface area (Å²) in [6.45, 7) is 13.8. The van der Waals surface area contributed by atoms with Gasteiger partial charge >= 0.3 is 0 Å². The fourth-order valence-corrected chi connectivity index (χ4v) is 3.36. The Morgan fingerprint density at radius 1 is 0.571 bits per heavy atom. The van der Waals surface area contributed by atoms with Crippen molar-refractivity contribution in [3.63, 3.8) is 0 Å². The van der Waals surface area contributed by atoms with Crippen LogP contribution in [0.5, 0.6) is 0 Å². The van der Waals surface area contributed by atoms with Gasteiger partial charge in [-0.1, -0.05) is 77.9 Å². The Morgan fingerprint density at radius 2 is 0.952 bits per heavy atom. The molecule has 0 bridgehead atoms. The summed E-state index contributed by atoms with van der Waals surface area (Å²) in [5, 5.41) is 0. The van der Waals surface area contributed by atoms with Crippen molar-refractivity contribution in [2.24, 2.45) is 0 Å². The fraction of sp³-hybridized carbons (Fsp3) is 0.381. The topological polar surface area (TPSA) is 0 Å². The van der Waals surface area contributed by atoms with Gasteiger partial charge < -0.3 is 0 Å². The molecule has 2 aromatic carbocycles. The van der Waals surface area contributed by atoms with Gasteiger partial charge in [-0.2, -0.15) is 0 Å². The van der Waals surface area contributed by atoms with Gasteiger partial charge in [-0.05, 0) is 44.2 Å². The molecule has 0 N–H and O–H groups in total. The molecule has 1 aliphatic rings. The van der Waals surface area contributed by atoms with E-state index in [-0.39, 0.29) is 10.8 Å². The van der Waals surface area contributed by atoms with Crippen LogP contribution in [0.15, 0.2) is 36.4 Å². The summed E-state index contributed by atoms with van der Waals surface area (Å²) in [4.78, 5) is 0. The SMILES string of the molecule is CC(C)(C)c1cccc2c1-c1c(cccc1C(C)(C)C)[CH]2. The van der Waals surface area contributed by atoms with Crippen LogP contribution in [0.3, 0.4) is 0 Å². The van der Waals surface area contributed by atoms with Crippen LogP contribution in [0.25, 0.3) is 11.1 Å². The third kappa shape index (κ3) is 2.31. The highest BCUT2D eigenvalue weighted by Crippen LogP contribution is 2.47. The van der Waals surface area contributed by atoms with Crippen LogP contribution in [0.2, 0.25) is 0 Å². The molecule has 0 aromatic heterocycles. The zero-order chi connectivity index (χ0) is 15.4. The molecular formula is C21H25. The summed E-state index contributed by atoms with van der Waals surface area (Å²) in [6, 6.07) is 13.5. The summed E-state index contributed by atoms with van der Waals surface area (Å²) >= 11 is 0. The molecule has 0 spiro atoms. The summed E-state index contributed by atoms with van der Waals surface area (Å²) in [5.41, 5.74) is 8.86. The molecule has 3 rings (SSSR count). The maximum Gasteiger partial charge on any atom is 0.0212 e. The number of rotatable bonds is 0. The zero-order valence-corrected chi connectivity index (χ0v) is 14.0. The molecule has 0 amide bonds. The standard InChI is InChI=1S/C21H25/c1-20(2,3)16-11-7-9-14-13-15-10-8-12-17(21(4,5)6)19(15)18(14)16/h7-13H,1-6H3. The highest BCUT2D eigenvalue weighted by atomic mass is 14.3. The average Bonchev–Trinajstić information content (AvgIpc) is 2.74. The summed E-state index contributed by atoms with van der Waals surface area (Å²) in [5.74, 6) is 0. The van der Waals surface area contributed by atoms with Crippen LogP contribution in [-0.4, -0.2) is 0 Å². The van der Waals surface area contributed by atoms with E-state index in [9.17, 15) is 0 Å². The lowest BCUT2D eigenvalue weighted by Gasteiger charge is -2.27. The minimum atomic E-state index is 0.159. The normalized spacial score (nSPS) is 14.0. The van der Waals surface area contributed by atoms with E-state index >= 15 is 0 Å². The third-order valence-corrected chi connectivity index (χ3v) is 4.37. The van der Waals surface area contributed by atoms with Gasteiger partial charge in [0.1, 0.15) is 0 Å². The summed E-state index contributed by atoms with van der Waals surface area (Å²) < 4.78 is 0. The second-order valence-corrected chi connectivity index (χ2v) is 8.18. The number of hydrogen-bond acceptors (Lipinski definition) is 0. The van der Waals surface area contributed by atoms with Gasteiger partial charge in [0, 0.05) is 6.42 Å². The number of fused-ring (bicyclic) bond motifs is 3. The van der Waals surface area contributed by atoms with Crippen LogP contribution in [-0.2, 0) is 10.8 Å². The van der Waals surface area contributed by atoms with E-state index < -0.39 is 0 Å². The van der Waals surface area contributed by atoms with Gasteiger partial charge in [-0.25, -0.2) is 0 Å². The van der Waals surface area contributed by atoms with Crippen molar-refractivity contribution in [3.05, 3.63) is 65.1 Å². The lowest BCUT2D eigenvalue weighted by atomic mass is 9.77. The predicted molar refractivity (Wildman–Crippen MR) is 91.8 cm³/mol. The quantitative estimate of drug-likeness (QED) is 0.482. The second-order valence-electron chi connectivity index (χ2n) is 8.18. The first-order valence-corrected chi connectivity index (χ1v) is 7.82. The van der Waals surface area contributed by atoms with Gasteiger partial charge in [-0.3, -0.25) is 0 Å². The van der Waals surface area contributed by atoms with Crippen LogP contribution in [0, 0.1) is 6.42 Å². The van der Waals surface area contributed by atoms with Gasteiger partial charge in [0.05, 0.1) is 0 Å². The Bertz CT molecular complexity index is 629. The smallest absolute Gasteiger partial charge is 0.0212 e. The Hall–Kier alpha value is -1.56. The van der Waals surface area contributed by atoms with Gasteiger partial charge in [-0.15, -0.1) is 0 Å². The van der Waals surface area contributed by atoms with E-state index in [1.165, 1.54) is 33.4 Å². The van der Waals surface area contributed by atoms with Gasteiger partial charge in [0.2, 0.25) is 0 Å². The largest absolute Gasteiger partial charge is 0.0616 e. The Balaban J connectivity index is 2.36. The van der Waals surface area contributed by atoms with E-state index in [4.69, 9.17) is 0 Å². The predicted octanol–water partition coefficient (Wildman–Crippen LogP) is 5.86. The van der Waals surface area contributed by atoms with Crippen molar-refractivity contribution in [3.8, 4) is 11.1 Å². The second kappa shape index (κ2) is 4.47. The summed E-state index contributed by atoms with van der Waals surface area (Å²) in [6.07, 6.45) is 2.34. The molecule has 1 aliphatic carbocycles. The minimum Gasteiger partial charge on any atom is -0.0616 e. The van der Waals surface area contributed by atoms with Gasteiger partial charge in [0.15, 0.2) is 0 Å². The monoisotopic (exact) mass is 277 g/mol. The first kappa shape index (κ1) is 14.4. The molecule has 109 valence electrons. The van der Waals surface area contributed by atoms with Crippen molar-refractivity contribution in [2.75, 3.05) is 0 Å².